The maximum atomic E-state index is 13.7. The van der Waals surface area contributed by atoms with Gasteiger partial charge < -0.3 is 10.0 Å². The Kier molecular flexibility index (Phi) is 5.61. The van der Waals surface area contributed by atoms with Crippen LogP contribution in [0.4, 0.5) is 5.69 Å². The van der Waals surface area contributed by atoms with Crippen LogP contribution in [0.2, 0.25) is 0 Å². The second-order valence-corrected chi connectivity index (χ2v) is 8.05. The van der Waals surface area contributed by atoms with E-state index in [0.717, 1.165) is 28.0 Å². The number of fused-ring (bicyclic) bond motifs is 1. The van der Waals surface area contributed by atoms with Gasteiger partial charge in [-0.2, -0.15) is 5.26 Å². The first kappa shape index (κ1) is 21.1. The van der Waals surface area contributed by atoms with Crippen LogP contribution < -0.4 is 4.90 Å². The van der Waals surface area contributed by atoms with Crippen molar-refractivity contribution in [3.05, 3.63) is 101 Å². The van der Waals surface area contributed by atoms with Crippen LogP contribution in [-0.4, -0.2) is 17.0 Å². The first-order valence-corrected chi connectivity index (χ1v) is 10.4. The second kappa shape index (κ2) is 8.52. The minimum absolute atomic E-state index is 0.0743. The van der Waals surface area contributed by atoms with Crippen LogP contribution in [0.1, 0.15) is 46.5 Å². The van der Waals surface area contributed by atoms with E-state index < -0.39 is 5.97 Å². The third kappa shape index (κ3) is 3.79. The molecule has 1 N–H and O–H groups in total. The summed E-state index contributed by atoms with van der Waals surface area (Å²) in [7, 11) is 0. The highest BCUT2D eigenvalue weighted by atomic mass is 16.4. The molecule has 0 atom stereocenters. The summed E-state index contributed by atoms with van der Waals surface area (Å²) in [5.41, 5.74) is 5.66. The van der Waals surface area contributed by atoms with Gasteiger partial charge in [-0.05, 0) is 52.9 Å². The molecule has 158 valence electrons. The minimum Gasteiger partial charge on any atom is -0.478 e. The van der Waals surface area contributed by atoms with Crippen LogP contribution in [0.5, 0.6) is 0 Å². The van der Waals surface area contributed by atoms with Gasteiger partial charge >= 0.3 is 5.97 Å². The summed E-state index contributed by atoms with van der Waals surface area (Å²) in [4.78, 5) is 26.8. The summed E-state index contributed by atoms with van der Waals surface area (Å²) >= 11 is 0. The molecule has 1 aliphatic heterocycles. The molecule has 3 aromatic rings. The minimum atomic E-state index is -0.997. The fraction of sp³-hybridized carbons (Fsp3) is 0.148. The molecule has 5 nitrogen and oxygen atoms in total. The maximum absolute atomic E-state index is 13.7. The highest BCUT2D eigenvalue weighted by molar-refractivity contribution is 6.37. The van der Waals surface area contributed by atoms with Gasteiger partial charge in [0.05, 0.1) is 35.0 Å². The quantitative estimate of drug-likeness (QED) is 0.561. The molecule has 0 aliphatic carbocycles. The van der Waals surface area contributed by atoms with Crippen LogP contribution in [-0.2, 0) is 11.3 Å². The zero-order chi connectivity index (χ0) is 22.8. The number of anilines is 1. The Morgan fingerprint density at radius 2 is 1.72 bits per heavy atom. The highest BCUT2D eigenvalue weighted by Gasteiger charge is 2.35. The summed E-state index contributed by atoms with van der Waals surface area (Å²) in [6.45, 7) is 4.38. The summed E-state index contributed by atoms with van der Waals surface area (Å²) in [6.07, 6.45) is 0. The zero-order valence-corrected chi connectivity index (χ0v) is 17.9. The van der Waals surface area contributed by atoms with E-state index in [-0.39, 0.29) is 23.9 Å². The van der Waals surface area contributed by atoms with Gasteiger partial charge in [0.1, 0.15) is 0 Å². The topological polar surface area (TPSA) is 81.4 Å². The van der Waals surface area contributed by atoms with Crippen LogP contribution in [0.25, 0.3) is 11.1 Å². The summed E-state index contributed by atoms with van der Waals surface area (Å²) in [6, 6.07) is 23.8. The van der Waals surface area contributed by atoms with E-state index in [0.29, 0.717) is 11.1 Å². The molecule has 0 aromatic heterocycles. The van der Waals surface area contributed by atoms with Crippen LogP contribution in [0, 0.1) is 17.2 Å². The molecule has 4 rings (SSSR count). The van der Waals surface area contributed by atoms with Crippen molar-refractivity contribution < 1.29 is 14.7 Å². The number of nitrogens with zero attached hydrogens (tertiary/aromatic N) is 2. The van der Waals surface area contributed by atoms with Crippen molar-refractivity contribution in [3.8, 4) is 6.07 Å². The van der Waals surface area contributed by atoms with E-state index in [2.05, 4.69) is 19.9 Å². The van der Waals surface area contributed by atoms with Crippen molar-refractivity contribution in [3.63, 3.8) is 0 Å². The smallest absolute Gasteiger partial charge is 0.335 e. The fourth-order valence-corrected chi connectivity index (χ4v) is 4.17. The Morgan fingerprint density at radius 3 is 2.38 bits per heavy atom. The van der Waals surface area contributed by atoms with Gasteiger partial charge in [-0.25, -0.2) is 4.79 Å². The fourth-order valence-electron chi connectivity index (χ4n) is 4.17. The molecule has 0 saturated heterocycles. The largest absolute Gasteiger partial charge is 0.478 e. The van der Waals surface area contributed by atoms with E-state index in [9.17, 15) is 14.7 Å². The standard InChI is InChI=1S/C27H22N2O3/c1-17(2)24(20-12-10-18(15-28)11-13-20)25-22-8-3-4-9-23(22)29(26(25)30)16-19-6-5-7-21(14-19)27(31)32/h3-14,17H,16H2,1-2H3,(H,31,32)/b25-24+. The predicted molar refractivity (Wildman–Crippen MR) is 124 cm³/mol. The van der Waals surface area contributed by atoms with E-state index in [1.54, 1.807) is 35.2 Å². The lowest BCUT2D eigenvalue weighted by atomic mass is 9.87. The number of nitriles is 1. The van der Waals surface area contributed by atoms with E-state index >= 15 is 0 Å². The lowest BCUT2D eigenvalue weighted by Gasteiger charge is -2.19. The van der Waals surface area contributed by atoms with Gasteiger partial charge in [-0.3, -0.25) is 4.79 Å². The van der Waals surface area contributed by atoms with Gasteiger partial charge in [0.25, 0.3) is 5.91 Å². The first-order valence-electron chi connectivity index (χ1n) is 10.4. The number of rotatable bonds is 5. The molecule has 32 heavy (non-hydrogen) atoms. The Morgan fingerprint density at radius 1 is 1.00 bits per heavy atom. The average Bonchev–Trinajstić information content (AvgIpc) is 3.06. The van der Waals surface area contributed by atoms with Crippen molar-refractivity contribution in [2.24, 2.45) is 5.92 Å². The van der Waals surface area contributed by atoms with Crippen LogP contribution in [0.15, 0.2) is 72.8 Å². The number of aromatic carboxylic acids is 1. The van der Waals surface area contributed by atoms with Gasteiger partial charge in [0.2, 0.25) is 0 Å². The van der Waals surface area contributed by atoms with E-state index in [1.165, 1.54) is 0 Å². The van der Waals surface area contributed by atoms with Gasteiger partial charge in [0, 0.05) is 5.56 Å². The number of allylic oxidation sites excluding steroid dienone is 1. The van der Waals surface area contributed by atoms with Crippen molar-refractivity contribution >= 4 is 28.7 Å². The van der Waals surface area contributed by atoms with Crippen molar-refractivity contribution in [2.45, 2.75) is 20.4 Å². The molecule has 1 aliphatic rings. The molecule has 0 saturated carbocycles. The number of hydrogen-bond donors (Lipinski definition) is 1. The number of amides is 1. The van der Waals surface area contributed by atoms with Crippen molar-refractivity contribution in [1.29, 1.82) is 5.26 Å². The normalized spacial score (nSPS) is 14.3. The van der Waals surface area contributed by atoms with Crippen LogP contribution >= 0.6 is 0 Å². The molecule has 0 bridgehead atoms. The predicted octanol–water partition coefficient (Wildman–Crippen LogP) is 5.37. The number of benzene rings is 3. The highest BCUT2D eigenvalue weighted by Crippen LogP contribution is 2.43. The molecule has 0 spiro atoms. The Labute approximate surface area is 186 Å². The molecular formula is C27H22N2O3. The van der Waals surface area contributed by atoms with Gasteiger partial charge in [0.15, 0.2) is 0 Å². The molecule has 5 heteroatoms. The molecule has 0 fully saturated rings. The summed E-state index contributed by atoms with van der Waals surface area (Å²) in [5.74, 6) is -1.03. The number of carboxylic acids is 1. The number of carbonyl (C=O) groups excluding carboxylic acids is 1. The Balaban J connectivity index is 1.83. The third-order valence-corrected chi connectivity index (χ3v) is 5.61. The molecule has 0 unspecified atom stereocenters. The summed E-state index contributed by atoms with van der Waals surface area (Å²) < 4.78 is 0. The number of carbonyl (C=O) groups is 2. The molecular weight excluding hydrogens is 400 g/mol. The Bertz CT molecular complexity index is 1280. The van der Waals surface area contributed by atoms with Crippen molar-refractivity contribution in [1.82, 2.24) is 0 Å². The molecule has 0 radical (unpaired) electrons. The second-order valence-electron chi connectivity index (χ2n) is 8.05. The first-order chi connectivity index (χ1) is 15.4. The monoisotopic (exact) mass is 422 g/mol. The maximum Gasteiger partial charge on any atom is 0.335 e. The third-order valence-electron chi connectivity index (χ3n) is 5.61. The average molecular weight is 422 g/mol. The molecule has 1 amide bonds. The molecule has 3 aromatic carbocycles. The Hall–Kier alpha value is -4.17. The lowest BCUT2D eigenvalue weighted by Crippen LogP contribution is -2.26. The number of carboxylic acid groups (broad SMARTS) is 1. The van der Waals surface area contributed by atoms with Crippen LogP contribution in [0.3, 0.4) is 0 Å². The van der Waals surface area contributed by atoms with E-state index in [1.807, 2.05) is 42.5 Å². The molecule has 1 heterocycles. The van der Waals surface area contributed by atoms with E-state index in [4.69, 9.17) is 5.26 Å². The van der Waals surface area contributed by atoms with Gasteiger partial charge in [-0.15, -0.1) is 0 Å². The number of hydrogen-bond acceptors (Lipinski definition) is 3. The van der Waals surface area contributed by atoms with Crippen molar-refractivity contribution in [2.75, 3.05) is 4.90 Å². The van der Waals surface area contributed by atoms with Gasteiger partial charge in [-0.1, -0.05) is 56.3 Å². The lowest BCUT2D eigenvalue weighted by molar-refractivity contribution is -0.113. The number of para-hydroxylation sites is 1. The summed E-state index contributed by atoms with van der Waals surface area (Å²) in [5, 5.41) is 18.4. The zero-order valence-electron chi connectivity index (χ0n) is 17.9. The SMILES string of the molecule is CC(C)/C(=C1\C(=O)N(Cc2cccc(C(=O)O)c2)c2ccccc21)c1ccc(C#N)cc1.